The molecule has 0 aliphatic heterocycles. The zero-order valence-electron chi connectivity index (χ0n) is 12.8. The lowest BCUT2D eigenvalue weighted by molar-refractivity contribution is 0.298. The Balaban J connectivity index is 2.32. The van der Waals surface area contributed by atoms with Crippen molar-refractivity contribution < 1.29 is 5.11 Å². The second-order valence-electron chi connectivity index (χ2n) is 5.75. The number of aromatic nitrogens is 2. The molecule has 0 fully saturated rings. The van der Waals surface area contributed by atoms with Gasteiger partial charge in [0.05, 0.1) is 0 Å². The minimum atomic E-state index is -0.169. The zero-order chi connectivity index (χ0) is 15.4. The third-order valence-corrected chi connectivity index (χ3v) is 3.46. The number of nitrogens with one attached hydrogen (secondary N) is 1. The van der Waals surface area contributed by atoms with Crippen molar-refractivity contribution in [2.45, 2.75) is 33.6 Å². The number of hydrogen-bond acceptors (Lipinski definition) is 3. The highest BCUT2D eigenvalue weighted by atomic mass is 16.3. The van der Waals surface area contributed by atoms with E-state index in [4.69, 9.17) is 5.11 Å². The van der Waals surface area contributed by atoms with Crippen LogP contribution in [-0.4, -0.2) is 21.7 Å². The molecule has 1 heterocycles. The number of H-pyrrole nitrogens is 1. The van der Waals surface area contributed by atoms with Crippen LogP contribution in [0.3, 0.4) is 0 Å². The van der Waals surface area contributed by atoms with E-state index in [9.17, 15) is 4.79 Å². The van der Waals surface area contributed by atoms with Crippen molar-refractivity contribution >= 4 is 0 Å². The molecule has 21 heavy (non-hydrogen) atoms. The summed E-state index contributed by atoms with van der Waals surface area (Å²) in [6, 6.07) is 8.13. The number of aromatic amines is 1. The van der Waals surface area contributed by atoms with Crippen LogP contribution in [0.4, 0.5) is 0 Å². The Labute approximate surface area is 124 Å². The molecule has 0 atom stereocenters. The lowest BCUT2D eigenvalue weighted by atomic mass is 10.0. The van der Waals surface area contributed by atoms with Gasteiger partial charge in [-0.1, -0.05) is 38.1 Å². The Bertz CT molecular complexity index is 657. The van der Waals surface area contributed by atoms with E-state index in [1.807, 2.05) is 12.1 Å². The third-order valence-electron chi connectivity index (χ3n) is 3.46. The van der Waals surface area contributed by atoms with Crippen LogP contribution in [0.2, 0.25) is 0 Å². The first-order chi connectivity index (χ1) is 10.0. The maximum Gasteiger partial charge on any atom is 0.254 e. The van der Waals surface area contributed by atoms with Crippen molar-refractivity contribution in [3.8, 4) is 11.4 Å². The fourth-order valence-corrected chi connectivity index (χ4v) is 2.42. The molecule has 112 valence electrons. The van der Waals surface area contributed by atoms with Crippen molar-refractivity contribution in [1.82, 2.24) is 9.97 Å². The summed E-state index contributed by atoms with van der Waals surface area (Å²) in [6.07, 6.45) is 1.38. The number of aliphatic hydroxyl groups excluding tert-OH is 1. The van der Waals surface area contributed by atoms with Crippen molar-refractivity contribution in [2.75, 3.05) is 6.61 Å². The number of rotatable bonds is 5. The largest absolute Gasteiger partial charge is 0.396 e. The minimum absolute atomic E-state index is 0.0468. The zero-order valence-corrected chi connectivity index (χ0v) is 12.8. The molecule has 2 rings (SSSR count). The monoisotopic (exact) mass is 286 g/mol. The van der Waals surface area contributed by atoms with Crippen LogP contribution in [0.1, 0.15) is 30.7 Å². The first-order valence-electron chi connectivity index (χ1n) is 7.31. The summed E-state index contributed by atoms with van der Waals surface area (Å²) in [4.78, 5) is 19.3. The van der Waals surface area contributed by atoms with Crippen molar-refractivity contribution in [1.29, 1.82) is 0 Å². The first-order valence-corrected chi connectivity index (χ1v) is 7.31. The number of hydrogen-bond donors (Lipinski definition) is 2. The van der Waals surface area contributed by atoms with E-state index in [1.54, 1.807) is 6.92 Å². The van der Waals surface area contributed by atoms with Gasteiger partial charge in [-0.25, -0.2) is 4.98 Å². The van der Waals surface area contributed by atoms with Gasteiger partial charge in [0.25, 0.3) is 5.56 Å². The summed E-state index contributed by atoms with van der Waals surface area (Å²) >= 11 is 0. The lowest BCUT2D eigenvalue weighted by Crippen LogP contribution is -2.18. The molecule has 0 saturated heterocycles. The number of benzene rings is 1. The minimum Gasteiger partial charge on any atom is -0.396 e. The van der Waals surface area contributed by atoms with Gasteiger partial charge in [-0.3, -0.25) is 4.79 Å². The normalized spacial score (nSPS) is 11.1. The maximum atomic E-state index is 12.0. The molecule has 0 radical (unpaired) electrons. The average molecular weight is 286 g/mol. The van der Waals surface area contributed by atoms with Crippen LogP contribution < -0.4 is 5.56 Å². The Hall–Kier alpha value is -1.94. The molecule has 4 nitrogen and oxygen atoms in total. The van der Waals surface area contributed by atoms with Gasteiger partial charge in [0, 0.05) is 29.8 Å². The number of aliphatic hydroxyl groups is 1. The quantitative estimate of drug-likeness (QED) is 0.887. The Morgan fingerprint density at radius 2 is 1.90 bits per heavy atom. The summed E-state index contributed by atoms with van der Waals surface area (Å²) in [7, 11) is 0. The number of nitrogens with zero attached hydrogens (tertiary/aromatic N) is 1. The Morgan fingerprint density at radius 3 is 2.43 bits per heavy atom. The van der Waals surface area contributed by atoms with E-state index in [0.29, 0.717) is 29.4 Å². The van der Waals surface area contributed by atoms with E-state index in [2.05, 4.69) is 35.9 Å². The summed E-state index contributed by atoms with van der Waals surface area (Å²) in [6.45, 7) is 6.14. The molecule has 0 aliphatic carbocycles. The van der Waals surface area contributed by atoms with Gasteiger partial charge in [-0.15, -0.1) is 0 Å². The Kier molecular flexibility index (Phi) is 4.91. The molecule has 0 unspecified atom stereocenters. The fourth-order valence-electron chi connectivity index (χ4n) is 2.42. The van der Waals surface area contributed by atoms with Crippen LogP contribution in [0.15, 0.2) is 29.1 Å². The van der Waals surface area contributed by atoms with Gasteiger partial charge in [0.2, 0.25) is 0 Å². The second-order valence-corrected chi connectivity index (χ2v) is 5.75. The van der Waals surface area contributed by atoms with E-state index in [0.717, 1.165) is 12.0 Å². The molecular weight excluding hydrogens is 264 g/mol. The molecule has 2 aromatic rings. The van der Waals surface area contributed by atoms with Crippen LogP contribution >= 0.6 is 0 Å². The molecule has 0 spiro atoms. The van der Waals surface area contributed by atoms with Gasteiger partial charge < -0.3 is 10.1 Å². The van der Waals surface area contributed by atoms with Gasteiger partial charge in [0.15, 0.2) is 0 Å². The molecule has 0 bridgehead atoms. The predicted molar refractivity (Wildman–Crippen MR) is 84.4 cm³/mol. The first kappa shape index (κ1) is 15.4. The standard InChI is InChI=1S/C17H22N2O2/c1-11(2)10-13-4-6-14(7-5-13)16-18-12(3)15(8-9-20)17(21)19-16/h4-7,11,20H,8-10H2,1-3H3,(H,18,19,21). The van der Waals surface area contributed by atoms with Crippen LogP contribution in [0.25, 0.3) is 11.4 Å². The highest BCUT2D eigenvalue weighted by Crippen LogP contribution is 2.17. The van der Waals surface area contributed by atoms with E-state index in [-0.39, 0.29) is 12.2 Å². The predicted octanol–water partition coefficient (Wildman–Crippen LogP) is 2.48. The fraction of sp³-hybridized carbons (Fsp3) is 0.412. The van der Waals surface area contributed by atoms with Crippen LogP contribution in [-0.2, 0) is 12.8 Å². The third kappa shape index (κ3) is 3.79. The maximum absolute atomic E-state index is 12.0. The van der Waals surface area contributed by atoms with Crippen molar-refractivity contribution in [3.63, 3.8) is 0 Å². The lowest BCUT2D eigenvalue weighted by Gasteiger charge is -2.08. The molecule has 1 aromatic heterocycles. The summed E-state index contributed by atoms with van der Waals surface area (Å²) in [5, 5.41) is 8.98. The Morgan fingerprint density at radius 1 is 1.24 bits per heavy atom. The number of aryl methyl sites for hydroxylation is 1. The molecule has 1 aromatic carbocycles. The van der Waals surface area contributed by atoms with Crippen LogP contribution in [0, 0.1) is 12.8 Å². The van der Waals surface area contributed by atoms with Gasteiger partial charge >= 0.3 is 0 Å². The van der Waals surface area contributed by atoms with E-state index < -0.39 is 0 Å². The smallest absolute Gasteiger partial charge is 0.254 e. The summed E-state index contributed by atoms with van der Waals surface area (Å²) in [5.74, 6) is 1.20. The molecule has 0 aliphatic rings. The molecule has 4 heteroatoms. The van der Waals surface area contributed by atoms with Gasteiger partial charge in [0.1, 0.15) is 5.82 Å². The van der Waals surface area contributed by atoms with Crippen molar-refractivity contribution in [2.24, 2.45) is 5.92 Å². The summed E-state index contributed by atoms with van der Waals surface area (Å²) < 4.78 is 0. The highest BCUT2D eigenvalue weighted by molar-refractivity contribution is 5.55. The molecule has 0 saturated carbocycles. The molecule has 0 amide bonds. The van der Waals surface area contributed by atoms with E-state index >= 15 is 0 Å². The van der Waals surface area contributed by atoms with Crippen LogP contribution in [0.5, 0.6) is 0 Å². The van der Waals surface area contributed by atoms with Crippen molar-refractivity contribution in [3.05, 3.63) is 51.4 Å². The summed E-state index contributed by atoms with van der Waals surface area (Å²) in [5.41, 5.74) is 3.24. The SMILES string of the molecule is Cc1nc(-c2ccc(CC(C)C)cc2)[nH]c(=O)c1CCO. The molecule has 2 N–H and O–H groups in total. The average Bonchev–Trinajstić information content (AvgIpc) is 2.43. The van der Waals surface area contributed by atoms with Gasteiger partial charge in [-0.2, -0.15) is 0 Å². The van der Waals surface area contributed by atoms with Gasteiger partial charge in [-0.05, 0) is 24.8 Å². The highest BCUT2D eigenvalue weighted by Gasteiger charge is 2.09. The van der Waals surface area contributed by atoms with E-state index in [1.165, 1.54) is 5.56 Å². The second kappa shape index (κ2) is 6.68. The topological polar surface area (TPSA) is 66.0 Å². The molecular formula is C17H22N2O2.